The first-order valence-corrected chi connectivity index (χ1v) is 9.15. The van der Waals surface area contributed by atoms with Crippen molar-refractivity contribution >= 4 is 17.5 Å². The van der Waals surface area contributed by atoms with Crippen LogP contribution in [0.5, 0.6) is 0 Å². The number of anilines is 2. The summed E-state index contributed by atoms with van der Waals surface area (Å²) in [5.41, 5.74) is 0.202. The second kappa shape index (κ2) is 7.63. The Morgan fingerprint density at radius 2 is 1.28 bits per heavy atom. The van der Waals surface area contributed by atoms with Crippen LogP contribution in [-0.2, 0) is 10.3 Å². The van der Waals surface area contributed by atoms with Crippen molar-refractivity contribution in [3.05, 3.63) is 95.4 Å². The van der Waals surface area contributed by atoms with E-state index in [1.165, 1.54) is 0 Å². The fourth-order valence-electron chi connectivity index (χ4n) is 3.26. The lowest BCUT2D eigenvalue weighted by molar-refractivity contribution is -0.119. The molecule has 2 aromatic heterocycles. The minimum atomic E-state index is -1.28. The summed E-state index contributed by atoms with van der Waals surface area (Å²) < 4.78 is 10.3. The van der Waals surface area contributed by atoms with Gasteiger partial charge in [-0.2, -0.15) is 0 Å². The van der Waals surface area contributed by atoms with E-state index >= 15 is 0 Å². The molecule has 2 aromatic carbocycles. The fourth-order valence-corrected chi connectivity index (χ4v) is 3.26. The van der Waals surface area contributed by atoms with Gasteiger partial charge in [-0.1, -0.05) is 71.0 Å². The summed E-state index contributed by atoms with van der Waals surface area (Å²) in [6.45, 7) is 3.56. The minimum Gasteiger partial charge on any atom is -0.360 e. The van der Waals surface area contributed by atoms with Crippen molar-refractivity contribution in [2.45, 2.75) is 19.4 Å². The number of rotatable bonds is 6. The highest BCUT2D eigenvalue weighted by molar-refractivity contribution is 6.03. The first-order chi connectivity index (χ1) is 14.1. The van der Waals surface area contributed by atoms with Gasteiger partial charge in [0, 0.05) is 12.1 Å². The van der Waals surface area contributed by atoms with Crippen LogP contribution in [0.1, 0.15) is 22.6 Å². The zero-order chi connectivity index (χ0) is 20.3. The number of carbonyl (C=O) groups is 1. The van der Waals surface area contributed by atoms with E-state index in [1.807, 2.05) is 60.7 Å². The molecule has 0 unspecified atom stereocenters. The Morgan fingerprint density at radius 3 is 1.72 bits per heavy atom. The highest BCUT2D eigenvalue weighted by Gasteiger charge is 2.43. The number of hydrogen-bond donors (Lipinski definition) is 2. The van der Waals surface area contributed by atoms with E-state index in [1.54, 1.807) is 26.0 Å². The molecule has 0 saturated heterocycles. The Bertz CT molecular complexity index is 1060. The van der Waals surface area contributed by atoms with E-state index < -0.39 is 5.54 Å². The third kappa shape index (κ3) is 3.62. The van der Waals surface area contributed by atoms with Crippen LogP contribution in [0.2, 0.25) is 0 Å². The van der Waals surface area contributed by atoms with Gasteiger partial charge in [-0.25, -0.2) is 0 Å². The average molecular weight is 388 g/mol. The van der Waals surface area contributed by atoms with Gasteiger partial charge in [0.05, 0.1) is 0 Å². The predicted molar refractivity (Wildman–Crippen MR) is 108 cm³/mol. The van der Waals surface area contributed by atoms with Crippen molar-refractivity contribution in [1.82, 2.24) is 10.3 Å². The van der Waals surface area contributed by atoms with Crippen molar-refractivity contribution in [1.29, 1.82) is 0 Å². The van der Waals surface area contributed by atoms with Crippen LogP contribution in [0, 0.1) is 13.8 Å². The zero-order valence-electron chi connectivity index (χ0n) is 16.0. The van der Waals surface area contributed by atoms with Gasteiger partial charge in [0.15, 0.2) is 17.2 Å². The normalized spacial score (nSPS) is 11.2. The topological polar surface area (TPSA) is 93.2 Å². The van der Waals surface area contributed by atoms with Crippen molar-refractivity contribution in [3.63, 3.8) is 0 Å². The summed E-state index contributed by atoms with van der Waals surface area (Å²) in [4.78, 5) is 13.7. The molecule has 2 heterocycles. The van der Waals surface area contributed by atoms with Gasteiger partial charge in [-0.3, -0.25) is 4.79 Å². The number of aryl methyl sites for hydroxylation is 2. The Balaban J connectivity index is 1.88. The molecule has 1 amide bonds. The van der Waals surface area contributed by atoms with Crippen LogP contribution < -0.4 is 10.6 Å². The minimum absolute atomic E-state index is 0.330. The van der Waals surface area contributed by atoms with Gasteiger partial charge in [0.2, 0.25) is 0 Å². The van der Waals surface area contributed by atoms with Crippen LogP contribution in [0.3, 0.4) is 0 Å². The van der Waals surface area contributed by atoms with E-state index in [9.17, 15) is 4.79 Å². The molecule has 0 radical (unpaired) electrons. The van der Waals surface area contributed by atoms with E-state index in [2.05, 4.69) is 20.9 Å². The summed E-state index contributed by atoms with van der Waals surface area (Å²) in [6, 6.07) is 22.3. The third-order valence-electron chi connectivity index (χ3n) is 4.57. The van der Waals surface area contributed by atoms with Crippen molar-refractivity contribution < 1.29 is 13.8 Å². The Morgan fingerprint density at radius 1 is 0.793 bits per heavy atom. The maximum atomic E-state index is 13.7. The van der Waals surface area contributed by atoms with E-state index in [-0.39, 0.29) is 5.91 Å². The smallest absolute Gasteiger partial charge is 0.260 e. The average Bonchev–Trinajstić information content (AvgIpc) is 3.34. The maximum Gasteiger partial charge on any atom is 0.260 e. The van der Waals surface area contributed by atoms with Crippen LogP contribution in [-0.4, -0.2) is 16.2 Å². The Labute approximate surface area is 167 Å². The highest BCUT2D eigenvalue weighted by atomic mass is 16.5. The summed E-state index contributed by atoms with van der Waals surface area (Å²) in [5.74, 6) is 1.69. The van der Waals surface area contributed by atoms with Crippen LogP contribution in [0.15, 0.2) is 81.8 Å². The lowest BCUT2D eigenvalue weighted by Gasteiger charge is -2.34. The number of amides is 1. The first kappa shape index (κ1) is 18.5. The summed E-state index contributed by atoms with van der Waals surface area (Å²) in [6.07, 6.45) is 0. The summed E-state index contributed by atoms with van der Waals surface area (Å²) in [7, 11) is 0. The standard InChI is InChI=1S/C22H20N4O3/c1-15-13-19(25-28-15)23-21(27)22(17-9-5-3-6-10-17,18-11-7-4-8-12-18)24-20-14-16(2)29-26-20/h3-14H,1-2H3,(H,24,26)(H,23,25,27). The van der Waals surface area contributed by atoms with Crippen LogP contribution in [0.25, 0.3) is 0 Å². The number of aromatic nitrogens is 2. The molecule has 7 heteroatoms. The van der Waals surface area contributed by atoms with E-state index in [0.717, 1.165) is 11.1 Å². The molecule has 0 spiro atoms. The van der Waals surface area contributed by atoms with E-state index in [4.69, 9.17) is 9.05 Å². The van der Waals surface area contributed by atoms with Crippen molar-refractivity contribution in [3.8, 4) is 0 Å². The van der Waals surface area contributed by atoms with Gasteiger partial charge in [0.1, 0.15) is 11.5 Å². The lowest BCUT2D eigenvalue weighted by atomic mass is 9.81. The maximum absolute atomic E-state index is 13.7. The number of benzene rings is 2. The van der Waals surface area contributed by atoms with Gasteiger partial charge < -0.3 is 19.7 Å². The molecular formula is C22H20N4O3. The summed E-state index contributed by atoms with van der Waals surface area (Å²) in [5, 5.41) is 14.1. The molecule has 29 heavy (non-hydrogen) atoms. The number of hydrogen-bond acceptors (Lipinski definition) is 6. The quantitative estimate of drug-likeness (QED) is 0.512. The molecule has 4 rings (SSSR count). The zero-order valence-corrected chi connectivity index (χ0v) is 16.0. The molecule has 0 aliphatic carbocycles. The molecule has 146 valence electrons. The molecule has 0 saturated carbocycles. The molecule has 0 aliphatic heterocycles. The number of carbonyl (C=O) groups excluding carboxylic acids is 1. The predicted octanol–water partition coefficient (Wildman–Crippen LogP) is 4.27. The molecule has 0 fully saturated rings. The fraction of sp³-hybridized carbons (Fsp3) is 0.136. The highest BCUT2D eigenvalue weighted by Crippen LogP contribution is 2.35. The second-order valence-corrected chi connectivity index (χ2v) is 6.71. The Hall–Kier alpha value is -3.87. The third-order valence-corrected chi connectivity index (χ3v) is 4.57. The second-order valence-electron chi connectivity index (χ2n) is 6.71. The molecule has 0 atom stereocenters. The molecule has 4 aromatic rings. The molecule has 0 bridgehead atoms. The van der Waals surface area contributed by atoms with Gasteiger partial charge >= 0.3 is 0 Å². The van der Waals surface area contributed by atoms with Crippen LogP contribution in [0.4, 0.5) is 11.6 Å². The van der Waals surface area contributed by atoms with Crippen molar-refractivity contribution in [2.75, 3.05) is 10.6 Å². The van der Waals surface area contributed by atoms with Gasteiger partial charge in [-0.05, 0) is 25.0 Å². The monoisotopic (exact) mass is 388 g/mol. The molecule has 2 N–H and O–H groups in total. The Kier molecular flexibility index (Phi) is 4.87. The van der Waals surface area contributed by atoms with Gasteiger partial charge in [-0.15, -0.1) is 0 Å². The van der Waals surface area contributed by atoms with Gasteiger partial charge in [0.25, 0.3) is 5.91 Å². The molecule has 7 nitrogen and oxygen atoms in total. The SMILES string of the molecule is Cc1cc(NC(=O)C(Nc2cc(C)on2)(c2ccccc2)c2ccccc2)no1. The number of nitrogens with zero attached hydrogens (tertiary/aromatic N) is 2. The number of nitrogens with one attached hydrogen (secondary N) is 2. The van der Waals surface area contributed by atoms with Crippen molar-refractivity contribution in [2.24, 2.45) is 0 Å². The first-order valence-electron chi connectivity index (χ1n) is 9.15. The molecule has 0 aliphatic rings. The van der Waals surface area contributed by atoms with Crippen LogP contribution >= 0.6 is 0 Å². The molecular weight excluding hydrogens is 368 g/mol. The lowest BCUT2D eigenvalue weighted by Crippen LogP contribution is -2.48. The summed E-state index contributed by atoms with van der Waals surface area (Å²) >= 11 is 0. The van der Waals surface area contributed by atoms with E-state index in [0.29, 0.717) is 23.2 Å². The largest absolute Gasteiger partial charge is 0.360 e.